The highest BCUT2D eigenvalue weighted by molar-refractivity contribution is 5.91. The SMILES string of the molecule is COc1cccc(C(CNC(=O)c2ccc(Cn3ccccc3=O)o2)N(C)C)c1. The Morgan fingerprint density at radius 3 is 2.72 bits per heavy atom. The van der Waals surface area contributed by atoms with E-state index in [4.69, 9.17) is 9.15 Å². The predicted molar refractivity (Wildman–Crippen MR) is 110 cm³/mol. The largest absolute Gasteiger partial charge is 0.497 e. The number of hydrogen-bond acceptors (Lipinski definition) is 5. The summed E-state index contributed by atoms with van der Waals surface area (Å²) in [4.78, 5) is 26.4. The van der Waals surface area contributed by atoms with E-state index in [-0.39, 0.29) is 29.8 Å². The van der Waals surface area contributed by atoms with Gasteiger partial charge >= 0.3 is 0 Å². The van der Waals surface area contributed by atoms with Crippen LogP contribution in [0, 0.1) is 0 Å². The molecule has 0 fully saturated rings. The summed E-state index contributed by atoms with van der Waals surface area (Å²) in [5, 5.41) is 2.92. The minimum Gasteiger partial charge on any atom is -0.497 e. The molecule has 3 aromatic rings. The average Bonchev–Trinajstić information content (AvgIpc) is 3.18. The van der Waals surface area contributed by atoms with E-state index in [9.17, 15) is 9.59 Å². The molecule has 1 aromatic carbocycles. The molecule has 7 nitrogen and oxygen atoms in total. The number of amides is 1. The summed E-state index contributed by atoms with van der Waals surface area (Å²) in [5.74, 6) is 1.23. The van der Waals surface area contributed by atoms with Crippen LogP contribution in [0.4, 0.5) is 0 Å². The van der Waals surface area contributed by atoms with E-state index in [1.807, 2.05) is 43.3 Å². The van der Waals surface area contributed by atoms with Crippen molar-refractivity contribution >= 4 is 5.91 Å². The number of carbonyl (C=O) groups excluding carboxylic acids is 1. The lowest BCUT2D eigenvalue weighted by atomic mass is 10.1. The number of aromatic nitrogens is 1. The van der Waals surface area contributed by atoms with Gasteiger partial charge in [-0.15, -0.1) is 0 Å². The Morgan fingerprint density at radius 2 is 2.00 bits per heavy atom. The molecule has 29 heavy (non-hydrogen) atoms. The van der Waals surface area contributed by atoms with Crippen LogP contribution in [0.2, 0.25) is 0 Å². The molecule has 0 bridgehead atoms. The van der Waals surface area contributed by atoms with Crippen LogP contribution in [0.15, 0.2) is 70.0 Å². The Labute approximate surface area is 169 Å². The van der Waals surface area contributed by atoms with Crippen LogP contribution in [-0.4, -0.2) is 43.1 Å². The van der Waals surface area contributed by atoms with E-state index in [0.717, 1.165) is 11.3 Å². The summed E-state index contributed by atoms with van der Waals surface area (Å²) < 4.78 is 12.4. The molecule has 0 aliphatic rings. The molecule has 152 valence electrons. The molecule has 2 aromatic heterocycles. The number of carbonyl (C=O) groups is 1. The number of hydrogen-bond donors (Lipinski definition) is 1. The Bertz CT molecular complexity index is 1020. The fourth-order valence-corrected chi connectivity index (χ4v) is 3.07. The summed E-state index contributed by atoms with van der Waals surface area (Å²) in [6.45, 7) is 0.685. The predicted octanol–water partition coefficient (Wildman–Crippen LogP) is 2.53. The minimum absolute atomic E-state index is 0.0219. The van der Waals surface area contributed by atoms with E-state index in [1.54, 1.807) is 37.6 Å². The second-order valence-electron chi connectivity index (χ2n) is 6.90. The van der Waals surface area contributed by atoms with Crippen molar-refractivity contribution in [1.29, 1.82) is 0 Å². The van der Waals surface area contributed by atoms with Crippen LogP contribution >= 0.6 is 0 Å². The zero-order chi connectivity index (χ0) is 20.8. The Morgan fingerprint density at radius 1 is 1.17 bits per heavy atom. The van der Waals surface area contributed by atoms with Gasteiger partial charge in [-0.3, -0.25) is 9.59 Å². The lowest BCUT2D eigenvalue weighted by Crippen LogP contribution is -2.34. The maximum Gasteiger partial charge on any atom is 0.287 e. The number of rotatable bonds is 8. The maximum absolute atomic E-state index is 12.5. The highest BCUT2D eigenvalue weighted by atomic mass is 16.5. The quantitative estimate of drug-likeness (QED) is 0.634. The third kappa shape index (κ3) is 5.14. The van der Waals surface area contributed by atoms with Crippen molar-refractivity contribution in [2.45, 2.75) is 12.6 Å². The number of furan rings is 1. The zero-order valence-electron chi connectivity index (χ0n) is 16.8. The lowest BCUT2D eigenvalue weighted by molar-refractivity contribution is 0.0912. The lowest BCUT2D eigenvalue weighted by Gasteiger charge is -2.25. The topological polar surface area (TPSA) is 76.7 Å². The third-order valence-electron chi connectivity index (χ3n) is 4.67. The molecular formula is C22H25N3O4. The number of pyridine rings is 1. The molecule has 0 radical (unpaired) electrons. The molecule has 0 aliphatic heterocycles. The summed E-state index contributed by atoms with van der Waals surface area (Å²) in [6, 6.07) is 16.0. The van der Waals surface area contributed by atoms with E-state index >= 15 is 0 Å². The number of nitrogens with zero attached hydrogens (tertiary/aromatic N) is 2. The third-order valence-corrected chi connectivity index (χ3v) is 4.67. The van der Waals surface area contributed by atoms with Gasteiger partial charge in [0.2, 0.25) is 0 Å². The fraction of sp³-hybridized carbons (Fsp3) is 0.273. The molecular weight excluding hydrogens is 370 g/mol. The molecule has 0 spiro atoms. The molecule has 1 unspecified atom stereocenters. The van der Waals surface area contributed by atoms with Crippen LogP contribution in [0.1, 0.15) is 27.9 Å². The minimum atomic E-state index is -0.300. The second kappa shape index (κ2) is 9.25. The average molecular weight is 395 g/mol. The number of nitrogens with one attached hydrogen (secondary N) is 1. The van der Waals surface area contributed by atoms with Crippen molar-refractivity contribution in [3.05, 3.63) is 88.2 Å². The molecule has 0 saturated carbocycles. The van der Waals surface area contributed by atoms with E-state index in [0.29, 0.717) is 12.3 Å². The first kappa shape index (κ1) is 20.4. The van der Waals surface area contributed by atoms with Gasteiger partial charge in [-0.25, -0.2) is 0 Å². The first-order valence-electron chi connectivity index (χ1n) is 9.30. The summed E-state index contributed by atoms with van der Waals surface area (Å²) >= 11 is 0. The summed E-state index contributed by atoms with van der Waals surface area (Å²) in [6.07, 6.45) is 1.68. The fourth-order valence-electron chi connectivity index (χ4n) is 3.07. The van der Waals surface area contributed by atoms with Crippen molar-refractivity contribution in [2.24, 2.45) is 0 Å². The molecule has 2 heterocycles. The zero-order valence-corrected chi connectivity index (χ0v) is 16.8. The van der Waals surface area contributed by atoms with Crippen LogP contribution in [0.3, 0.4) is 0 Å². The number of ether oxygens (including phenoxy) is 1. The monoisotopic (exact) mass is 395 g/mol. The number of methoxy groups -OCH3 is 1. The smallest absolute Gasteiger partial charge is 0.287 e. The molecule has 3 rings (SSSR count). The molecule has 1 atom stereocenters. The van der Waals surface area contributed by atoms with Gasteiger partial charge in [0.25, 0.3) is 11.5 Å². The normalized spacial score (nSPS) is 12.0. The van der Waals surface area contributed by atoms with Gasteiger partial charge in [0.05, 0.1) is 19.7 Å². The van der Waals surface area contributed by atoms with Crippen molar-refractivity contribution in [1.82, 2.24) is 14.8 Å². The van der Waals surface area contributed by atoms with Gasteiger partial charge in [-0.05, 0) is 50.0 Å². The van der Waals surface area contributed by atoms with Crippen LogP contribution < -0.4 is 15.6 Å². The van der Waals surface area contributed by atoms with Crippen LogP contribution in [0.5, 0.6) is 5.75 Å². The van der Waals surface area contributed by atoms with Gasteiger partial charge in [-0.1, -0.05) is 18.2 Å². The van der Waals surface area contributed by atoms with Gasteiger partial charge in [0, 0.05) is 18.8 Å². The van der Waals surface area contributed by atoms with Gasteiger partial charge < -0.3 is 23.9 Å². The van der Waals surface area contributed by atoms with E-state index in [2.05, 4.69) is 5.32 Å². The van der Waals surface area contributed by atoms with Crippen LogP contribution in [-0.2, 0) is 6.54 Å². The summed E-state index contributed by atoms with van der Waals surface area (Å²) in [5.41, 5.74) is 0.917. The molecule has 0 saturated heterocycles. The van der Waals surface area contributed by atoms with Crippen molar-refractivity contribution < 1.29 is 13.9 Å². The highest BCUT2D eigenvalue weighted by Gasteiger charge is 2.18. The van der Waals surface area contributed by atoms with E-state index in [1.165, 1.54) is 10.6 Å². The maximum atomic E-state index is 12.5. The van der Waals surface area contributed by atoms with Gasteiger partial charge in [0.1, 0.15) is 11.5 Å². The Hall–Kier alpha value is -3.32. The number of benzene rings is 1. The Kier molecular flexibility index (Phi) is 6.51. The standard InChI is InChI=1S/C22H25N3O4/c1-24(2)19(16-7-6-8-17(13-16)28-3)14-23-22(27)20-11-10-18(29-20)15-25-12-5-4-9-21(25)26/h4-13,19H,14-15H2,1-3H3,(H,23,27). The molecule has 1 amide bonds. The summed E-state index contributed by atoms with van der Waals surface area (Å²) in [7, 11) is 5.54. The van der Waals surface area contributed by atoms with E-state index < -0.39 is 0 Å². The first-order valence-corrected chi connectivity index (χ1v) is 9.30. The first-order chi connectivity index (χ1) is 14.0. The molecule has 7 heteroatoms. The van der Waals surface area contributed by atoms with Gasteiger partial charge in [-0.2, -0.15) is 0 Å². The van der Waals surface area contributed by atoms with Gasteiger partial charge in [0.15, 0.2) is 5.76 Å². The van der Waals surface area contributed by atoms with Crippen molar-refractivity contribution in [3.8, 4) is 5.75 Å². The molecule has 1 N–H and O–H groups in total. The van der Waals surface area contributed by atoms with Crippen molar-refractivity contribution in [3.63, 3.8) is 0 Å². The number of likely N-dealkylation sites (N-methyl/N-ethyl adjacent to an activating group) is 1. The molecule has 0 aliphatic carbocycles. The van der Waals surface area contributed by atoms with Crippen molar-refractivity contribution in [2.75, 3.05) is 27.7 Å². The highest BCUT2D eigenvalue weighted by Crippen LogP contribution is 2.22. The second-order valence-corrected chi connectivity index (χ2v) is 6.90. The van der Waals surface area contributed by atoms with Crippen LogP contribution in [0.25, 0.3) is 0 Å². The Balaban J connectivity index is 1.65.